The molecule has 0 aliphatic heterocycles. The van der Waals surface area contributed by atoms with E-state index < -0.39 is 11.6 Å². The molecule has 1 rings (SSSR count). The number of methoxy groups -OCH3 is 4. The van der Waals surface area contributed by atoms with Gasteiger partial charge in [-0.15, -0.1) is 0 Å². The molecule has 0 bridgehead atoms. The highest BCUT2D eigenvalue weighted by atomic mass is 16.6. The third-order valence-corrected chi connectivity index (χ3v) is 4.86. The number of hydrogen-bond acceptors (Lipinski definition) is 14. The number of ether oxygens (including phenoxy) is 12. The molecule has 14 heteroatoms. The quantitative estimate of drug-likeness (QED) is 0.0922. The van der Waals surface area contributed by atoms with Gasteiger partial charge in [-0.1, -0.05) is 0 Å². The molecule has 14 nitrogen and oxygen atoms in total. The molecule has 232 valence electrons. The highest BCUT2D eigenvalue weighted by Gasteiger charge is 2.40. The SMILES string of the molecule is COCCOCCOC1=C(OCCOCCOC)C(=O)C(OCCOCCOC)=C(OCCOCCOC)C1=O. The summed E-state index contributed by atoms with van der Waals surface area (Å²) >= 11 is 0. The van der Waals surface area contributed by atoms with Crippen molar-refractivity contribution in [3.63, 3.8) is 0 Å². The molecular formula is C26H44O14. The number of ketones is 2. The zero-order chi connectivity index (χ0) is 29.3. The predicted octanol–water partition coefficient (Wildman–Crippen LogP) is 0.280. The maximum absolute atomic E-state index is 13.5. The molecule has 0 aromatic carbocycles. The first-order chi connectivity index (χ1) is 19.6. The molecule has 0 aromatic heterocycles. The van der Waals surface area contributed by atoms with Gasteiger partial charge in [0.1, 0.15) is 26.4 Å². The van der Waals surface area contributed by atoms with E-state index in [-0.39, 0.29) is 75.9 Å². The van der Waals surface area contributed by atoms with Crippen LogP contribution in [0.2, 0.25) is 0 Å². The molecule has 0 saturated carbocycles. The van der Waals surface area contributed by atoms with E-state index in [4.69, 9.17) is 56.8 Å². The van der Waals surface area contributed by atoms with Gasteiger partial charge in [-0.05, 0) is 0 Å². The minimum absolute atomic E-state index is 0.0216. The van der Waals surface area contributed by atoms with Gasteiger partial charge in [0, 0.05) is 28.4 Å². The molecule has 40 heavy (non-hydrogen) atoms. The van der Waals surface area contributed by atoms with Gasteiger partial charge in [-0.25, -0.2) is 0 Å². The summed E-state index contributed by atoms with van der Waals surface area (Å²) in [6.07, 6.45) is 0. The summed E-state index contributed by atoms with van der Waals surface area (Å²) in [5, 5.41) is 0. The molecule has 0 fully saturated rings. The van der Waals surface area contributed by atoms with Gasteiger partial charge in [0.05, 0.1) is 79.3 Å². The van der Waals surface area contributed by atoms with Gasteiger partial charge in [0.2, 0.25) is 23.0 Å². The number of rotatable bonds is 28. The van der Waals surface area contributed by atoms with E-state index in [0.717, 1.165) is 0 Å². The molecule has 0 atom stereocenters. The molecule has 1 aliphatic rings. The summed E-state index contributed by atoms with van der Waals surface area (Å²) < 4.78 is 64.0. The molecule has 0 N–H and O–H groups in total. The van der Waals surface area contributed by atoms with Crippen LogP contribution in [-0.4, -0.2) is 146 Å². The van der Waals surface area contributed by atoms with Crippen LogP contribution in [0.25, 0.3) is 0 Å². The number of carbonyl (C=O) groups is 2. The van der Waals surface area contributed by atoms with Crippen molar-refractivity contribution in [2.75, 3.05) is 134 Å². The van der Waals surface area contributed by atoms with Crippen LogP contribution in [0.3, 0.4) is 0 Å². The predicted molar refractivity (Wildman–Crippen MR) is 139 cm³/mol. The Hall–Kier alpha value is -2.30. The van der Waals surface area contributed by atoms with E-state index in [2.05, 4.69) is 0 Å². The summed E-state index contributed by atoms with van der Waals surface area (Å²) in [4.78, 5) is 27.0. The van der Waals surface area contributed by atoms with Gasteiger partial charge in [-0.3, -0.25) is 9.59 Å². The molecule has 0 radical (unpaired) electrons. The second kappa shape index (κ2) is 24.5. The Labute approximate surface area is 235 Å². The molecule has 0 unspecified atom stereocenters. The van der Waals surface area contributed by atoms with E-state index in [1.165, 1.54) is 0 Å². The Balaban J connectivity index is 3.01. The maximum Gasteiger partial charge on any atom is 0.270 e. The van der Waals surface area contributed by atoms with Crippen molar-refractivity contribution in [1.82, 2.24) is 0 Å². The fourth-order valence-corrected chi connectivity index (χ4v) is 2.93. The van der Waals surface area contributed by atoms with Crippen molar-refractivity contribution in [3.05, 3.63) is 23.0 Å². The molecule has 0 amide bonds. The smallest absolute Gasteiger partial charge is 0.270 e. The van der Waals surface area contributed by atoms with Gasteiger partial charge in [0.15, 0.2) is 0 Å². The van der Waals surface area contributed by atoms with Crippen molar-refractivity contribution in [2.45, 2.75) is 0 Å². The lowest BCUT2D eigenvalue weighted by Gasteiger charge is -2.24. The lowest BCUT2D eigenvalue weighted by atomic mass is 10.0. The average Bonchev–Trinajstić information content (AvgIpc) is 2.96. The number of carbonyl (C=O) groups excluding carboxylic acids is 2. The zero-order valence-corrected chi connectivity index (χ0v) is 24.0. The van der Waals surface area contributed by atoms with Crippen LogP contribution >= 0.6 is 0 Å². The van der Waals surface area contributed by atoms with Crippen molar-refractivity contribution < 1.29 is 66.4 Å². The van der Waals surface area contributed by atoms with Crippen LogP contribution in [0.1, 0.15) is 0 Å². The second-order valence-corrected chi connectivity index (χ2v) is 7.79. The van der Waals surface area contributed by atoms with E-state index in [1.807, 2.05) is 0 Å². The molecular weight excluding hydrogens is 536 g/mol. The number of Topliss-reactive ketones (excluding diaryl/α,β-unsaturated/α-hetero) is 2. The minimum Gasteiger partial charge on any atom is -0.484 e. The standard InChI is InChI=1S/C26H44O14/c1-29-5-9-33-13-17-37-23-21(27)25(39-19-15-35-11-7-31-3)26(40-20-16-36-12-8-32-4)22(28)24(23)38-18-14-34-10-6-30-2/h5-20H2,1-4H3. The van der Waals surface area contributed by atoms with Crippen molar-refractivity contribution >= 4 is 11.6 Å². The monoisotopic (exact) mass is 580 g/mol. The highest BCUT2D eigenvalue weighted by Crippen LogP contribution is 2.28. The van der Waals surface area contributed by atoms with E-state index in [9.17, 15) is 9.59 Å². The minimum atomic E-state index is -0.709. The highest BCUT2D eigenvalue weighted by molar-refractivity contribution is 6.21. The molecule has 1 aliphatic carbocycles. The Bertz CT molecular complexity index is 634. The van der Waals surface area contributed by atoms with Crippen molar-refractivity contribution in [1.29, 1.82) is 0 Å². The van der Waals surface area contributed by atoms with E-state index >= 15 is 0 Å². The molecule has 0 heterocycles. The Morgan fingerprint density at radius 1 is 0.325 bits per heavy atom. The summed E-state index contributed by atoms with van der Waals surface area (Å²) in [7, 11) is 6.23. The fraction of sp³-hybridized carbons (Fsp3) is 0.769. The Kier molecular flexibility index (Phi) is 21.9. The summed E-state index contributed by atoms with van der Waals surface area (Å²) in [5.41, 5.74) is 0. The first-order valence-electron chi connectivity index (χ1n) is 13.0. The topological polar surface area (TPSA) is 145 Å². The second-order valence-electron chi connectivity index (χ2n) is 7.79. The summed E-state index contributed by atoms with van der Waals surface area (Å²) in [6.45, 7) is 3.50. The van der Waals surface area contributed by atoms with E-state index in [1.54, 1.807) is 28.4 Å². The third kappa shape index (κ3) is 14.9. The summed E-state index contributed by atoms with van der Waals surface area (Å²) in [6, 6.07) is 0. The summed E-state index contributed by atoms with van der Waals surface area (Å²) in [5.74, 6) is -2.65. The Morgan fingerprint density at radius 3 is 0.725 bits per heavy atom. The van der Waals surface area contributed by atoms with Crippen LogP contribution in [0.15, 0.2) is 23.0 Å². The van der Waals surface area contributed by atoms with Gasteiger partial charge < -0.3 is 56.8 Å². The van der Waals surface area contributed by atoms with E-state index in [0.29, 0.717) is 52.9 Å². The van der Waals surface area contributed by atoms with Gasteiger partial charge >= 0.3 is 0 Å². The van der Waals surface area contributed by atoms with Crippen LogP contribution in [0, 0.1) is 0 Å². The lowest BCUT2D eigenvalue weighted by Crippen LogP contribution is -2.31. The lowest BCUT2D eigenvalue weighted by molar-refractivity contribution is -0.128. The molecule has 0 aromatic rings. The molecule has 0 saturated heterocycles. The fourth-order valence-electron chi connectivity index (χ4n) is 2.93. The van der Waals surface area contributed by atoms with Crippen molar-refractivity contribution in [2.24, 2.45) is 0 Å². The zero-order valence-electron chi connectivity index (χ0n) is 24.0. The van der Waals surface area contributed by atoms with Crippen LogP contribution < -0.4 is 0 Å². The maximum atomic E-state index is 13.5. The van der Waals surface area contributed by atoms with Gasteiger partial charge in [0.25, 0.3) is 11.6 Å². The third-order valence-electron chi connectivity index (χ3n) is 4.86. The first-order valence-corrected chi connectivity index (χ1v) is 13.0. The first kappa shape index (κ1) is 35.7. The van der Waals surface area contributed by atoms with Crippen molar-refractivity contribution in [3.8, 4) is 0 Å². The van der Waals surface area contributed by atoms with Crippen LogP contribution in [0.5, 0.6) is 0 Å². The Morgan fingerprint density at radius 2 is 0.525 bits per heavy atom. The largest absolute Gasteiger partial charge is 0.484 e. The van der Waals surface area contributed by atoms with Crippen LogP contribution in [0.4, 0.5) is 0 Å². The number of hydrogen-bond donors (Lipinski definition) is 0. The average molecular weight is 581 g/mol. The molecule has 0 spiro atoms. The van der Waals surface area contributed by atoms with Crippen LogP contribution in [-0.2, 0) is 66.4 Å². The normalized spacial score (nSPS) is 13.8. The van der Waals surface area contributed by atoms with Gasteiger partial charge in [-0.2, -0.15) is 0 Å².